The number of carbonyl (C=O) groups excluding carboxylic acids is 1. The molecule has 1 rings (SSSR count). The molecule has 0 unspecified atom stereocenters. The van der Waals surface area contributed by atoms with Crippen molar-refractivity contribution in [2.24, 2.45) is 0 Å². The van der Waals surface area contributed by atoms with Gasteiger partial charge in [0.2, 0.25) is 10.0 Å². The van der Waals surface area contributed by atoms with Gasteiger partial charge < -0.3 is 0 Å². The molecular formula is C9H9ClN2O5S. The number of Topliss-reactive ketones (excluding diaryl/α,β-unsaturated/α-hetero) is 1. The molecule has 0 bridgehead atoms. The molecule has 0 fully saturated rings. The normalized spacial score (nSPS) is 11.2. The molecule has 0 aliphatic carbocycles. The number of rotatable bonds is 5. The van der Waals surface area contributed by atoms with Gasteiger partial charge in [-0.1, -0.05) is 11.6 Å². The lowest BCUT2D eigenvalue weighted by Gasteiger charge is -2.05. The average molecular weight is 293 g/mol. The fourth-order valence-electron chi connectivity index (χ4n) is 1.13. The van der Waals surface area contributed by atoms with E-state index in [9.17, 15) is 23.3 Å². The number of nitrogens with zero attached hydrogens (tertiary/aromatic N) is 1. The number of sulfonamides is 1. The van der Waals surface area contributed by atoms with E-state index in [1.54, 1.807) is 0 Å². The largest absolute Gasteiger partial charge is 0.299 e. The maximum Gasteiger partial charge on any atom is 0.290 e. The number of nitrogens with one attached hydrogen (secondary N) is 1. The van der Waals surface area contributed by atoms with E-state index in [-0.39, 0.29) is 5.02 Å². The van der Waals surface area contributed by atoms with Gasteiger partial charge in [0.1, 0.15) is 5.78 Å². The molecule has 9 heteroatoms. The van der Waals surface area contributed by atoms with Gasteiger partial charge in [0.25, 0.3) is 5.69 Å². The number of hydrogen-bond acceptors (Lipinski definition) is 5. The molecule has 0 radical (unpaired) electrons. The van der Waals surface area contributed by atoms with E-state index >= 15 is 0 Å². The first kappa shape index (κ1) is 14.6. The third-order valence-electron chi connectivity index (χ3n) is 1.92. The SMILES string of the molecule is CC(=O)CNS(=O)(=O)c1ccc(Cl)cc1[N+](=O)[O-]. The molecule has 1 aromatic carbocycles. The zero-order chi connectivity index (χ0) is 13.9. The summed E-state index contributed by atoms with van der Waals surface area (Å²) in [5, 5.41) is 10.8. The van der Waals surface area contributed by atoms with E-state index < -0.39 is 37.9 Å². The summed E-state index contributed by atoms with van der Waals surface area (Å²) in [5.41, 5.74) is -0.640. The first-order valence-electron chi connectivity index (χ1n) is 4.67. The van der Waals surface area contributed by atoms with Crippen LogP contribution in [0.1, 0.15) is 6.92 Å². The van der Waals surface area contributed by atoms with Crippen LogP contribution < -0.4 is 4.72 Å². The van der Waals surface area contributed by atoms with Crippen LogP contribution in [0.4, 0.5) is 5.69 Å². The Hall–Kier alpha value is -1.51. The molecule has 0 amide bonds. The van der Waals surface area contributed by atoms with Crippen LogP contribution >= 0.6 is 11.6 Å². The Bertz CT molecular complexity index is 599. The fraction of sp³-hybridized carbons (Fsp3) is 0.222. The molecule has 0 saturated carbocycles. The van der Waals surface area contributed by atoms with Crippen LogP contribution in [0.5, 0.6) is 0 Å². The molecule has 0 aliphatic heterocycles. The highest BCUT2D eigenvalue weighted by atomic mass is 35.5. The number of nitro groups is 1. The summed E-state index contributed by atoms with van der Waals surface area (Å²) in [7, 11) is -4.12. The van der Waals surface area contributed by atoms with Crippen molar-refractivity contribution in [2.45, 2.75) is 11.8 Å². The van der Waals surface area contributed by atoms with Crippen molar-refractivity contribution in [3.05, 3.63) is 33.3 Å². The zero-order valence-corrected chi connectivity index (χ0v) is 10.8. The second-order valence-corrected chi connectivity index (χ2v) is 5.57. The highest BCUT2D eigenvalue weighted by Crippen LogP contribution is 2.26. The summed E-state index contributed by atoms with van der Waals surface area (Å²) < 4.78 is 25.5. The summed E-state index contributed by atoms with van der Waals surface area (Å²) in [6, 6.07) is 3.17. The predicted molar refractivity (Wildman–Crippen MR) is 64.0 cm³/mol. The van der Waals surface area contributed by atoms with Crippen LogP contribution in [0.2, 0.25) is 5.02 Å². The third-order valence-corrected chi connectivity index (χ3v) is 3.60. The molecule has 0 saturated heterocycles. The van der Waals surface area contributed by atoms with Gasteiger partial charge in [-0.15, -0.1) is 0 Å². The molecule has 7 nitrogen and oxygen atoms in total. The van der Waals surface area contributed by atoms with E-state index in [1.165, 1.54) is 13.0 Å². The Balaban J connectivity index is 3.24. The van der Waals surface area contributed by atoms with Crippen LogP contribution in [-0.2, 0) is 14.8 Å². The van der Waals surface area contributed by atoms with Crippen LogP contribution in [0, 0.1) is 10.1 Å². The lowest BCUT2D eigenvalue weighted by atomic mass is 10.3. The Kier molecular flexibility index (Phi) is 4.38. The van der Waals surface area contributed by atoms with Gasteiger partial charge in [0.15, 0.2) is 4.90 Å². The average Bonchev–Trinajstić information content (AvgIpc) is 2.26. The zero-order valence-electron chi connectivity index (χ0n) is 9.21. The first-order chi connectivity index (χ1) is 8.24. The maximum absolute atomic E-state index is 11.8. The number of nitro benzene ring substituents is 1. The molecule has 1 N–H and O–H groups in total. The van der Waals surface area contributed by atoms with Gasteiger partial charge in [0, 0.05) is 11.1 Å². The van der Waals surface area contributed by atoms with Gasteiger partial charge >= 0.3 is 0 Å². The molecule has 0 aromatic heterocycles. The second-order valence-electron chi connectivity index (χ2n) is 3.40. The minimum Gasteiger partial charge on any atom is -0.299 e. The van der Waals surface area contributed by atoms with Crippen molar-refractivity contribution in [1.29, 1.82) is 0 Å². The van der Waals surface area contributed by atoms with Gasteiger partial charge in [0.05, 0.1) is 11.5 Å². The highest BCUT2D eigenvalue weighted by molar-refractivity contribution is 7.89. The molecule has 0 aliphatic rings. The summed E-state index contributed by atoms with van der Waals surface area (Å²) >= 11 is 5.56. The number of hydrogen-bond donors (Lipinski definition) is 1. The van der Waals surface area contributed by atoms with E-state index in [2.05, 4.69) is 0 Å². The lowest BCUT2D eigenvalue weighted by molar-refractivity contribution is -0.387. The summed E-state index contributed by atoms with van der Waals surface area (Å²) in [4.78, 5) is 20.1. The second kappa shape index (κ2) is 5.42. The molecule has 18 heavy (non-hydrogen) atoms. The Morgan fingerprint density at radius 1 is 1.50 bits per heavy atom. The van der Waals surface area contributed by atoms with Gasteiger partial charge in [-0.25, -0.2) is 13.1 Å². The standard InChI is InChI=1S/C9H9ClN2O5S/c1-6(13)5-11-18(16,17)9-3-2-7(10)4-8(9)12(14)15/h2-4,11H,5H2,1H3. The number of carbonyl (C=O) groups is 1. The summed E-state index contributed by atoms with van der Waals surface area (Å²) in [6.07, 6.45) is 0. The minimum atomic E-state index is -4.12. The van der Waals surface area contributed by atoms with Crippen LogP contribution in [-0.4, -0.2) is 25.7 Å². The van der Waals surface area contributed by atoms with Crippen molar-refractivity contribution in [1.82, 2.24) is 4.72 Å². The van der Waals surface area contributed by atoms with Crippen molar-refractivity contribution in [3.8, 4) is 0 Å². The van der Waals surface area contributed by atoms with Crippen molar-refractivity contribution in [3.63, 3.8) is 0 Å². The Morgan fingerprint density at radius 2 is 2.11 bits per heavy atom. The third kappa shape index (κ3) is 3.49. The van der Waals surface area contributed by atoms with E-state index in [0.717, 1.165) is 12.1 Å². The molecular weight excluding hydrogens is 284 g/mol. The van der Waals surface area contributed by atoms with Crippen LogP contribution in [0.25, 0.3) is 0 Å². The summed E-state index contributed by atoms with van der Waals surface area (Å²) in [5.74, 6) is -0.407. The molecule has 0 spiro atoms. The topological polar surface area (TPSA) is 106 Å². The predicted octanol–water partition coefficient (Wildman–Crippen LogP) is 1.12. The van der Waals surface area contributed by atoms with E-state index in [4.69, 9.17) is 11.6 Å². The van der Waals surface area contributed by atoms with E-state index in [1.807, 2.05) is 4.72 Å². The molecule has 0 atom stereocenters. The van der Waals surface area contributed by atoms with Crippen molar-refractivity contribution >= 4 is 33.1 Å². The van der Waals surface area contributed by atoms with E-state index in [0.29, 0.717) is 0 Å². The van der Waals surface area contributed by atoms with Gasteiger partial charge in [-0.2, -0.15) is 0 Å². The number of halogens is 1. The van der Waals surface area contributed by atoms with Crippen LogP contribution in [0.15, 0.2) is 23.1 Å². The first-order valence-corrected chi connectivity index (χ1v) is 6.53. The smallest absolute Gasteiger partial charge is 0.290 e. The lowest BCUT2D eigenvalue weighted by Crippen LogP contribution is -2.28. The summed E-state index contributed by atoms with van der Waals surface area (Å²) in [6.45, 7) is 0.765. The number of ketones is 1. The molecule has 1 aromatic rings. The monoisotopic (exact) mass is 292 g/mol. The Labute approximate surface area is 108 Å². The van der Waals surface area contributed by atoms with Gasteiger partial charge in [-0.3, -0.25) is 14.9 Å². The fourth-order valence-corrected chi connectivity index (χ4v) is 2.51. The quantitative estimate of drug-likeness (QED) is 0.646. The Morgan fingerprint density at radius 3 is 2.61 bits per heavy atom. The maximum atomic E-state index is 11.8. The highest BCUT2D eigenvalue weighted by Gasteiger charge is 2.25. The molecule has 98 valence electrons. The minimum absolute atomic E-state index is 0.0483. The van der Waals surface area contributed by atoms with Crippen molar-refractivity contribution < 1.29 is 18.1 Å². The number of benzene rings is 1. The van der Waals surface area contributed by atoms with Crippen LogP contribution in [0.3, 0.4) is 0 Å². The molecule has 0 heterocycles. The van der Waals surface area contributed by atoms with Crippen molar-refractivity contribution in [2.75, 3.05) is 6.54 Å². The van der Waals surface area contributed by atoms with Gasteiger partial charge in [-0.05, 0) is 19.1 Å².